The summed E-state index contributed by atoms with van der Waals surface area (Å²) in [4.78, 5) is 11.5. The Morgan fingerprint density at radius 2 is 1.41 bits per heavy atom. The number of unbranched alkanes of at least 4 members (excludes halogenated alkanes) is 11. The van der Waals surface area contributed by atoms with Crippen molar-refractivity contribution in [1.29, 1.82) is 0 Å². The van der Waals surface area contributed by atoms with Gasteiger partial charge in [-0.05, 0) is 44.1 Å². The first-order valence-electron chi connectivity index (χ1n) is 13.1. The van der Waals surface area contributed by atoms with E-state index in [4.69, 9.17) is 0 Å². The zero-order valence-corrected chi connectivity index (χ0v) is 20.8. The number of allylic oxidation sites excluding steroid dienone is 2. The van der Waals surface area contributed by atoms with E-state index in [2.05, 4.69) is 24.4 Å². The average molecular weight is 484 g/mol. The van der Waals surface area contributed by atoms with E-state index in [1.165, 1.54) is 38.5 Å². The second-order valence-electron chi connectivity index (χ2n) is 9.21. The summed E-state index contributed by atoms with van der Waals surface area (Å²) < 4.78 is 40.5. The van der Waals surface area contributed by atoms with Gasteiger partial charge in [-0.15, -0.1) is 0 Å². The standard InChI is InChI=1S/C28H44F3NO2/c1-2-3-4-5-6-7-8-9-10-11-12-13-14-15-19-22-26(28(29,30)31)32-25(27(33)34)23-24-20-17-16-18-21-24/h7-8,16-18,20-21,25-26,32H,2-6,9-15,19,22-23H2,1H3,(H,33,34)/b8-7+. The molecule has 0 aliphatic rings. The molecule has 0 saturated heterocycles. The van der Waals surface area contributed by atoms with Gasteiger partial charge >= 0.3 is 12.1 Å². The molecular weight excluding hydrogens is 439 g/mol. The largest absolute Gasteiger partial charge is 0.480 e. The number of rotatable bonds is 20. The number of hydrogen-bond acceptors (Lipinski definition) is 2. The fourth-order valence-electron chi connectivity index (χ4n) is 4.07. The number of aliphatic carboxylic acids is 1. The fourth-order valence-corrected chi connectivity index (χ4v) is 4.07. The van der Waals surface area contributed by atoms with Gasteiger partial charge in [0, 0.05) is 0 Å². The Bertz CT molecular complexity index is 661. The van der Waals surface area contributed by atoms with Crippen molar-refractivity contribution >= 4 is 5.97 Å². The molecule has 0 saturated carbocycles. The molecule has 2 atom stereocenters. The molecule has 2 N–H and O–H groups in total. The molecule has 1 aromatic rings. The highest BCUT2D eigenvalue weighted by molar-refractivity contribution is 5.74. The van der Waals surface area contributed by atoms with Crippen LogP contribution in [-0.4, -0.2) is 29.3 Å². The van der Waals surface area contributed by atoms with Gasteiger partial charge in [0.1, 0.15) is 12.1 Å². The van der Waals surface area contributed by atoms with Gasteiger partial charge in [-0.2, -0.15) is 13.2 Å². The quantitative estimate of drug-likeness (QED) is 0.145. The van der Waals surface area contributed by atoms with Crippen LogP contribution in [0.5, 0.6) is 0 Å². The van der Waals surface area contributed by atoms with E-state index >= 15 is 0 Å². The number of carboxylic acid groups (broad SMARTS) is 1. The van der Waals surface area contributed by atoms with E-state index in [-0.39, 0.29) is 12.8 Å². The highest BCUT2D eigenvalue weighted by Gasteiger charge is 2.41. The van der Waals surface area contributed by atoms with Crippen molar-refractivity contribution < 1.29 is 23.1 Å². The summed E-state index contributed by atoms with van der Waals surface area (Å²) in [5.41, 5.74) is 0.700. The van der Waals surface area contributed by atoms with E-state index < -0.39 is 24.2 Å². The monoisotopic (exact) mass is 483 g/mol. The lowest BCUT2D eigenvalue weighted by Crippen LogP contribution is -2.51. The van der Waals surface area contributed by atoms with Crippen molar-refractivity contribution in [2.24, 2.45) is 0 Å². The molecule has 3 nitrogen and oxygen atoms in total. The Hall–Kier alpha value is -1.82. The molecule has 0 spiro atoms. The highest BCUT2D eigenvalue weighted by atomic mass is 19.4. The molecule has 1 aromatic carbocycles. The molecule has 0 amide bonds. The van der Waals surface area contributed by atoms with Crippen LogP contribution in [0.4, 0.5) is 13.2 Å². The Balaban J connectivity index is 2.21. The molecule has 0 aliphatic heterocycles. The Labute approximate surface area is 204 Å². The second-order valence-corrected chi connectivity index (χ2v) is 9.21. The molecule has 34 heavy (non-hydrogen) atoms. The molecule has 194 valence electrons. The smallest absolute Gasteiger partial charge is 0.403 e. The Morgan fingerprint density at radius 1 is 0.882 bits per heavy atom. The molecule has 0 aliphatic carbocycles. The summed E-state index contributed by atoms with van der Waals surface area (Å²) in [6, 6.07) is 5.68. The van der Waals surface area contributed by atoms with Crippen molar-refractivity contribution in [2.75, 3.05) is 0 Å². The van der Waals surface area contributed by atoms with E-state index in [1.807, 2.05) is 0 Å². The van der Waals surface area contributed by atoms with Gasteiger partial charge in [0.2, 0.25) is 0 Å². The number of hydrogen-bond donors (Lipinski definition) is 2. The summed E-state index contributed by atoms with van der Waals surface area (Å²) in [5, 5.41) is 11.8. The van der Waals surface area contributed by atoms with E-state index in [9.17, 15) is 23.1 Å². The third kappa shape index (κ3) is 15.2. The first-order valence-corrected chi connectivity index (χ1v) is 13.1. The van der Waals surface area contributed by atoms with Crippen molar-refractivity contribution in [3.8, 4) is 0 Å². The molecule has 0 fully saturated rings. The van der Waals surface area contributed by atoms with E-state index in [0.29, 0.717) is 12.0 Å². The van der Waals surface area contributed by atoms with Crippen molar-refractivity contribution in [2.45, 2.75) is 121 Å². The SMILES string of the molecule is CCCCCC/C=C/CCCCCCCCCC(NC(Cc1ccccc1)C(=O)O)C(F)(F)F. The number of halogens is 3. The molecule has 0 heterocycles. The molecule has 1 rings (SSSR count). The van der Waals surface area contributed by atoms with E-state index in [0.717, 1.165) is 38.5 Å². The normalized spacial score (nSPS) is 13.9. The zero-order chi connectivity index (χ0) is 25.1. The maximum absolute atomic E-state index is 13.5. The summed E-state index contributed by atoms with van der Waals surface area (Å²) in [5.74, 6) is -1.26. The van der Waals surface area contributed by atoms with Gasteiger partial charge in [0.25, 0.3) is 0 Å². The number of carbonyl (C=O) groups is 1. The highest BCUT2D eigenvalue weighted by Crippen LogP contribution is 2.25. The minimum Gasteiger partial charge on any atom is -0.480 e. The number of alkyl halides is 3. The van der Waals surface area contributed by atoms with Crippen LogP contribution in [0.1, 0.15) is 102 Å². The minimum atomic E-state index is -4.46. The molecule has 2 unspecified atom stereocenters. The maximum atomic E-state index is 13.5. The lowest BCUT2D eigenvalue weighted by molar-refractivity contribution is -0.163. The number of benzene rings is 1. The van der Waals surface area contributed by atoms with Crippen LogP contribution in [0.2, 0.25) is 0 Å². The van der Waals surface area contributed by atoms with Gasteiger partial charge in [-0.1, -0.05) is 107 Å². The van der Waals surface area contributed by atoms with E-state index in [1.54, 1.807) is 30.3 Å². The summed E-state index contributed by atoms with van der Waals surface area (Å²) in [6.45, 7) is 2.22. The maximum Gasteiger partial charge on any atom is 0.403 e. The predicted molar refractivity (Wildman–Crippen MR) is 134 cm³/mol. The lowest BCUT2D eigenvalue weighted by Gasteiger charge is -2.25. The predicted octanol–water partition coefficient (Wildman–Crippen LogP) is 8.24. The van der Waals surface area contributed by atoms with Crippen LogP contribution in [0.15, 0.2) is 42.5 Å². The van der Waals surface area contributed by atoms with Gasteiger partial charge < -0.3 is 5.11 Å². The van der Waals surface area contributed by atoms with Crippen molar-refractivity contribution in [1.82, 2.24) is 5.32 Å². The van der Waals surface area contributed by atoms with Gasteiger partial charge in [-0.3, -0.25) is 10.1 Å². The van der Waals surface area contributed by atoms with Crippen LogP contribution >= 0.6 is 0 Å². The number of nitrogens with one attached hydrogen (secondary N) is 1. The summed E-state index contributed by atoms with van der Waals surface area (Å²) >= 11 is 0. The van der Waals surface area contributed by atoms with Crippen LogP contribution in [0.25, 0.3) is 0 Å². The van der Waals surface area contributed by atoms with Gasteiger partial charge in [-0.25, -0.2) is 0 Å². The molecule has 0 radical (unpaired) electrons. The van der Waals surface area contributed by atoms with Gasteiger partial charge in [0.05, 0.1) is 0 Å². The van der Waals surface area contributed by atoms with Crippen LogP contribution in [0.3, 0.4) is 0 Å². The first kappa shape index (κ1) is 30.2. The van der Waals surface area contributed by atoms with Crippen LogP contribution < -0.4 is 5.32 Å². The number of carboxylic acids is 1. The van der Waals surface area contributed by atoms with Crippen molar-refractivity contribution in [3.63, 3.8) is 0 Å². The fraction of sp³-hybridized carbons (Fsp3) is 0.679. The Morgan fingerprint density at radius 3 is 1.94 bits per heavy atom. The minimum absolute atomic E-state index is 0.0246. The lowest BCUT2D eigenvalue weighted by atomic mass is 10.0. The average Bonchev–Trinajstić information content (AvgIpc) is 2.80. The second kappa shape index (κ2) is 18.5. The first-order chi connectivity index (χ1) is 16.3. The topological polar surface area (TPSA) is 49.3 Å². The summed E-state index contributed by atoms with van der Waals surface area (Å²) in [7, 11) is 0. The molecule has 0 aromatic heterocycles. The van der Waals surface area contributed by atoms with Gasteiger partial charge in [0.15, 0.2) is 0 Å². The van der Waals surface area contributed by atoms with Crippen molar-refractivity contribution in [3.05, 3.63) is 48.0 Å². The van der Waals surface area contributed by atoms with Crippen LogP contribution in [-0.2, 0) is 11.2 Å². The molecule has 0 bridgehead atoms. The summed E-state index contributed by atoms with van der Waals surface area (Å²) in [6.07, 6.45) is 14.1. The third-order valence-corrected chi connectivity index (χ3v) is 6.13. The molecule has 6 heteroatoms. The Kier molecular flexibility index (Phi) is 16.4. The molecular formula is C28H44F3NO2. The zero-order valence-electron chi connectivity index (χ0n) is 20.8. The third-order valence-electron chi connectivity index (χ3n) is 6.13. The van der Waals surface area contributed by atoms with Crippen LogP contribution in [0, 0.1) is 0 Å².